The molecule has 0 spiro atoms. The lowest BCUT2D eigenvalue weighted by molar-refractivity contribution is -0.346. The van der Waals surface area contributed by atoms with Crippen LogP contribution in [0.15, 0.2) is 71.8 Å². The number of ether oxygens (including phenoxy) is 5. The topological polar surface area (TPSA) is 221 Å². The number of benzene rings is 2. The molecule has 15 heteroatoms. The van der Waals surface area contributed by atoms with Gasteiger partial charge in [0.25, 0.3) is 0 Å². The van der Waals surface area contributed by atoms with Gasteiger partial charge in [-0.3, -0.25) is 19.2 Å². The summed E-state index contributed by atoms with van der Waals surface area (Å²) in [6, 6.07) is 14.9. The number of fused-ring (bicyclic) bond motifs is 5. The van der Waals surface area contributed by atoms with Gasteiger partial charge in [0.05, 0.1) is 35.6 Å². The molecule has 6 rings (SSSR count). The first-order chi connectivity index (χ1) is 27.9. The summed E-state index contributed by atoms with van der Waals surface area (Å²) in [5.41, 5.74) is -8.10. The molecular formula is C45H55NO14. The van der Waals surface area contributed by atoms with Crippen molar-refractivity contribution in [2.75, 3.05) is 6.61 Å². The van der Waals surface area contributed by atoms with Crippen molar-refractivity contribution in [2.24, 2.45) is 22.2 Å². The zero-order valence-corrected chi connectivity index (χ0v) is 35.3. The highest BCUT2D eigenvalue weighted by molar-refractivity contribution is 5.95. The zero-order chi connectivity index (χ0) is 44.3. The first-order valence-electron chi connectivity index (χ1n) is 20.1. The minimum atomic E-state index is -2.38. The number of amides is 1. The highest BCUT2D eigenvalue weighted by Crippen LogP contribution is 2.64. The number of hydrogen-bond donors (Lipinski definition) is 4. The SMILES string of the molecule is CC(=O)O[C@H]1C(=O)[C@]2(C)[C@@H](O)CC3OC[C@@]3(OC(C)=O)[C@H]2[C@H](OC(=O)c2ccccc2)[C@]2(O)C[C@H](OC(=O)[C@H](O)[C@H](NC(=O)C(C)(C)C)c3ccccc3)C(C)=C1C2(C)C. The molecule has 1 heterocycles. The molecule has 15 nitrogen and oxygen atoms in total. The van der Waals surface area contributed by atoms with Crippen molar-refractivity contribution in [3.63, 3.8) is 0 Å². The summed E-state index contributed by atoms with van der Waals surface area (Å²) in [7, 11) is 0. The molecular weight excluding hydrogens is 778 g/mol. The summed E-state index contributed by atoms with van der Waals surface area (Å²) in [6.07, 6.45) is -10.4. The van der Waals surface area contributed by atoms with E-state index in [0.717, 1.165) is 13.8 Å². The lowest BCUT2D eigenvalue weighted by Gasteiger charge is -2.67. The van der Waals surface area contributed by atoms with E-state index in [0.29, 0.717) is 5.56 Å². The van der Waals surface area contributed by atoms with Gasteiger partial charge in [-0.05, 0) is 42.7 Å². The van der Waals surface area contributed by atoms with Gasteiger partial charge in [0.2, 0.25) is 5.91 Å². The third-order valence-corrected chi connectivity index (χ3v) is 13.1. The average molecular weight is 834 g/mol. The average Bonchev–Trinajstić information content (AvgIpc) is 3.17. The van der Waals surface area contributed by atoms with Crippen molar-refractivity contribution < 1.29 is 67.8 Å². The first-order valence-corrected chi connectivity index (χ1v) is 20.1. The molecule has 0 aromatic heterocycles. The number of nitrogens with one attached hydrogen (secondary N) is 1. The van der Waals surface area contributed by atoms with Crippen LogP contribution < -0.4 is 5.32 Å². The van der Waals surface area contributed by atoms with Crippen molar-refractivity contribution in [1.29, 1.82) is 0 Å². The Morgan fingerprint density at radius 1 is 0.900 bits per heavy atom. The van der Waals surface area contributed by atoms with Crippen LogP contribution in [0.25, 0.3) is 0 Å². The Morgan fingerprint density at radius 3 is 2.03 bits per heavy atom. The fourth-order valence-electron chi connectivity index (χ4n) is 9.73. The number of hydrogen-bond acceptors (Lipinski definition) is 14. The fourth-order valence-corrected chi connectivity index (χ4v) is 9.73. The number of esters is 4. The van der Waals surface area contributed by atoms with Crippen LogP contribution in [0.4, 0.5) is 0 Å². The maximum atomic E-state index is 15.4. The quantitative estimate of drug-likeness (QED) is 0.162. The smallest absolute Gasteiger partial charge is 0.338 e. The molecule has 1 unspecified atom stereocenters. The van der Waals surface area contributed by atoms with Gasteiger partial charge in [-0.25, -0.2) is 9.59 Å². The Bertz CT molecular complexity index is 2080. The standard InChI is InChI=1S/C45H55NO14/c1-23-28(58-39(53)33(50)32(26-16-12-10-13-17-26)46-40(54)41(4,5)6)21-45(55)37(59-38(52)27-18-14-11-15-19-27)35-43(9,29(49)20-30-44(35,22-56-30)60-25(3)48)36(51)34(57-24(2)47)31(23)42(45,7)8/h10-19,28-30,32-35,37,49-50,55H,20-22H2,1-9H3,(H,46,54)/t28-,29-,30?,32+,33+,34+,35-,37-,43+,44-,45+/m0/s1. The molecule has 1 aliphatic heterocycles. The Hall–Kier alpha value is -4.96. The largest absolute Gasteiger partial charge is 0.456 e. The number of carbonyl (C=O) groups excluding carboxylic acids is 6. The van der Waals surface area contributed by atoms with E-state index in [2.05, 4.69) is 5.32 Å². The second-order valence-electron chi connectivity index (χ2n) is 18.2. The maximum Gasteiger partial charge on any atom is 0.338 e. The van der Waals surface area contributed by atoms with E-state index in [4.69, 9.17) is 23.7 Å². The van der Waals surface area contributed by atoms with Crippen LogP contribution >= 0.6 is 0 Å². The van der Waals surface area contributed by atoms with E-state index < -0.39 is 118 Å². The molecule has 2 bridgehead atoms. The summed E-state index contributed by atoms with van der Waals surface area (Å²) < 4.78 is 30.2. The van der Waals surface area contributed by atoms with Gasteiger partial charge in [0.15, 0.2) is 23.6 Å². The van der Waals surface area contributed by atoms with Gasteiger partial charge in [-0.15, -0.1) is 0 Å². The fraction of sp³-hybridized carbons (Fsp3) is 0.556. The molecule has 1 amide bonds. The first kappa shape index (κ1) is 44.6. The summed E-state index contributed by atoms with van der Waals surface area (Å²) in [5, 5.41) is 40.1. The van der Waals surface area contributed by atoms with Crippen LogP contribution in [0.3, 0.4) is 0 Å². The number of rotatable bonds is 9. The molecule has 2 aromatic carbocycles. The number of ketones is 1. The molecule has 0 radical (unpaired) electrons. The minimum Gasteiger partial charge on any atom is -0.456 e. The van der Waals surface area contributed by atoms with Gasteiger partial charge in [-0.1, -0.05) is 83.1 Å². The second-order valence-corrected chi connectivity index (χ2v) is 18.2. The number of aliphatic hydroxyl groups is 3. The third kappa shape index (κ3) is 7.32. The molecule has 11 atom stereocenters. The lowest BCUT2D eigenvalue weighted by atomic mass is 9.44. The number of carbonyl (C=O) groups is 6. The minimum absolute atomic E-state index is 0.00513. The van der Waals surface area contributed by atoms with E-state index >= 15 is 4.79 Å². The highest BCUT2D eigenvalue weighted by atomic mass is 16.6. The van der Waals surface area contributed by atoms with Gasteiger partial charge >= 0.3 is 23.9 Å². The van der Waals surface area contributed by atoms with E-state index in [-0.39, 0.29) is 29.7 Å². The van der Waals surface area contributed by atoms with E-state index in [1.165, 1.54) is 26.0 Å². The molecule has 324 valence electrons. The van der Waals surface area contributed by atoms with Crippen LogP contribution in [-0.4, -0.2) is 105 Å². The Labute approximate surface area is 348 Å². The molecule has 3 aliphatic carbocycles. The Kier molecular flexibility index (Phi) is 11.8. The summed E-state index contributed by atoms with van der Waals surface area (Å²) in [4.78, 5) is 83.1. The normalized spacial score (nSPS) is 32.9. The van der Waals surface area contributed by atoms with Gasteiger partial charge in [0.1, 0.15) is 23.9 Å². The van der Waals surface area contributed by atoms with Crippen LogP contribution in [0.5, 0.6) is 0 Å². The maximum absolute atomic E-state index is 15.4. The van der Waals surface area contributed by atoms with E-state index in [1.807, 2.05) is 0 Å². The van der Waals surface area contributed by atoms with Crippen molar-refractivity contribution >= 4 is 35.6 Å². The second kappa shape index (κ2) is 15.8. The van der Waals surface area contributed by atoms with Crippen LogP contribution in [0, 0.1) is 22.2 Å². The van der Waals surface area contributed by atoms with Crippen LogP contribution in [-0.2, 0) is 47.7 Å². The predicted molar refractivity (Wildman–Crippen MR) is 211 cm³/mol. The summed E-state index contributed by atoms with van der Waals surface area (Å²) in [6.45, 7) is 13.0. The molecule has 4 N–H and O–H groups in total. The number of aliphatic hydroxyl groups excluding tert-OH is 2. The summed E-state index contributed by atoms with van der Waals surface area (Å²) in [5.74, 6) is -6.67. The molecule has 2 saturated carbocycles. The van der Waals surface area contributed by atoms with Crippen molar-refractivity contribution in [2.45, 2.75) is 129 Å². The highest BCUT2D eigenvalue weighted by Gasteiger charge is 2.78. The molecule has 2 aromatic rings. The van der Waals surface area contributed by atoms with Gasteiger partial charge in [-0.2, -0.15) is 0 Å². The monoisotopic (exact) mass is 833 g/mol. The molecule has 1 saturated heterocycles. The van der Waals surface area contributed by atoms with Crippen molar-refractivity contribution in [3.8, 4) is 0 Å². The van der Waals surface area contributed by atoms with Gasteiger partial charge in [0, 0.05) is 37.5 Å². The van der Waals surface area contributed by atoms with E-state index in [9.17, 15) is 39.3 Å². The van der Waals surface area contributed by atoms with Crippen LogP contribution in [0.2, 0.25) is 0 Å². The van der Waals surface area contributed by atoms with Gasteiger partial charge < -0.3 is 44.3 Å². The molecule has 3 fully saturated rings. The molecule has 4 aliphatic rings. The Balaban J connectivity index is 1.56. The van der Waals surface area contributed by atoms with Crippen molar-refractivity contribution in [1.82, 2.24) is 5.32 Å². The molecule has 60 heavy (non-hydrogen) atoms. The Morgan fingerprint density at radius 2 is 1.50 bits per heavy atom. The lowest BCUT2D eigenvalue weighted by Crippen LogP contribution is -2.82. The van der Waals surface area contributed by atoms with E-state index in [1.54, 1.807) is 83.1 Å². The van der Waals surface area contributed by atoms with Crippen molar-refractivity contribution in [3.05, 3.63) is 82.9 Å². The zero-order valence-electron chi connectivity index (χ0n) is 35.3. The summed E-state index contributed by atoms with van der Waals surface area (Å²) >= 11 is 0. The third-order valence-electron chi connectivity index (χ3n) is 13.1. The van der Waals surface area contributed by atoms with Crippen LogP contribution in [0.1, 0.15) is 97.1 Å². The number of Topliss-reactive ketones (excluding diaryl/α,β-unsaturated/α-hetero) is 1. The predicted octanol–water partition coefficient (Wildman–Crippen LogP) is 3.47.